The van der Waals surface area contributed by atoms with Gasteiger partial charge in [-0.2, -0.15) is 35.1 Å². The number of sulfone groups is 2. The molecular formula is C106H124Cl2F6N14O16S6. The van der Waals surface area contributed by atoms with Crippen molar-refractivity contribution in [2.24, 2.45) is 43.2 Å². The summed E-state index contributed by atoms with van der Waals surface area (Å²) in [6.07, 6.45) is 14.4. The Hall–Kier alpha value is -10.6. The first kappa shape index (κ1) is 112. The van der Waals surface area contributed by atoms with Crippen LogP contribution in [0, 0.1) is 34.5 Å². The highest BCUT2D eigenvalue weighted by atomic mass is 35.5. The maximum absolute atomic E-state index is 14.3. The molecule has 5 fully saturated rings. The molecule has 10 aromatic rings. The Morgan fingerprint density at radius 1 is 0.487 bits per heavy atom. The van der Waals surface area contributed by atoms with E-state index in [4.69, 9.17) is 32.7 Å². The van der Waals surface area contributed by atoms with E-state index in [1.807, 2.05) is 43.5 Å². The van der Waals surface area contributed by atoms with Crippen molar-refractivity contribution in [1.29, 1.82) is 0 Å². The first-order valence-corrected chi connectivity index (χ1v) is 60.5. The first-order chi connectivity index (χ1) is 70.7. The van der Waals surface area contributed by atoms with Crippen molar-refractivity contribution in [3.8, 4) is 23.0 Å². The number of allylic oxidation sites excluding steroid dienone is 2. The average Bonchev–Trinajstić information content (AvgIpc) is 1.53. The maximum Gasteiger partial charge on any atom is 0.501 e. The number of H-pyrrole nitrogens is 2. The van der Waals surface area contributed by atoms with Gasteiger partial charge in [-0.15, -0.1) is 0 Å². The molecule has 0 radical (unpaired) electrons. The van der Waals surface area contributed by atoms with Crippen molar-refractivity contribution in [3.63, 3.8) is 0 Å². The van der Waals surface area contributed by atoms with Crippen LogP contribution in [-0.2, 0) is 81.6 Å². The number of nitrogens with one attached hydrogen (secondary N) is 4. The van der Waals surface area contributed by atoms with Gasteiger partial charge < -0.3 is 39.0 Å². The van der Waals surface area contributed by atoms with E-state index in [-0.39, 0.29) is 122 Å². The van der Waals surface area contributed by atoms with Crippen molar-refractivity contribution in [2.45, 2.75) is 163 Å². The zero-order valence-electron chi connectivity index (χ0n) is 84.6. The normalized spacial score (nSPS) is 18.8. The Kier molecular flexibility index (Phi) is 34.0. The zero-order chi connectivity index (χ0) is 108. The fraction of sp³-hybridized carbons (Fsp3) is 0.453. The number of hydrogen-bond acceptors (Lipinski definition) is 24. The number of halogens is 8. The number of aromatic amines is 2. The first-order valence-electron chi connectivity index (χ1n) is 50.1. The van der Waals surface area contributed by atoms with Gasteiger partial charge in [-0.1, -0.05) is 126 Å². The molecule has 806 valence electrons. The van der Waals surface area contributed by atoms with Crippen LogP contribution < -0.4 is 28.7 Å². The number of piperazine rings is 2. The predicted octanol–water partition coefficient (Wildman–Crippen LogP) is 19.2. The predicted molar refractivity (Wildman–Crippen MR) is 569 cm³/mol. The molecule has 6 aromatic carbocycles. The number of nitrogens with zero attached hydrogens (tertiary/aromatic N) is 10. The lowest BCUT2D eigenvalue weighted by atomic mass is 9.72. The number of carbonyl (C=O) groups is 4. The standard InChI is InChI=1S/C53H61ClF3N7O8S3.C53H63ClF3N7O8S3/c1-35(16-19-62-24-26-73(67,27-25-62)60-50(65)37-4-5-37)28-38-8-12-44(31-48(38)74(68,69)53(55,56)57)75(70,71)61-51(66)45-13-11-42(30-47(45)72-43-29-39-15-18-58-49(39)59-33-43)64-22-20-63(21-23-64)34-40-14-17-52(2,3)32-46(40)36-6-9-41(54)10-7-36;1-35(2)50(65)60-73(67)26-24-62(25-27-73)19-16-36(3)28-38-8-12-44(31-48(38)74(68,69)53(55,56)57)75(70,71)61-51(66)45-13-11-42(30-47(45)72-43-29-39-15-18-58-49(39)59-33-43)64-22-20-63(21-23-64)34-40-14-17-52(4,5)32-46(40)37-6-9-41(54)10-7-37/h6-13,15,18,29-31,33,35,37H,4-5,14,16-17,19-28,32,34H2,1-3H3,(H,58,59)(H,61,66);6-13,15,18,29-31,33,35-36H,14,16-17,19-28,32,34H2,1-5H3,(H,58,59)(H,61,66)/t35-;36-/m00/s1. The summed E-state index contributed by atoms with van der Waals surface area (Å²) >= 11 is 12.5. The van der Waals surface area contributed by atoms with Crippen LogP contribution in [0.4, 0.5) is 37.7 Å². The molecule has 44 heteroatoms. The van der Waals surface area contributed by atoms with Gasteiger partial charge in [0.25, 0.3) is 63.3 Å². The van der Waals surface area contributed by atoms with Crippen LogP contribution in [0.5, 0.6) is 23.0 Å². The molecule has 2 atom stereocenters. The summed E-state index contributed by atoms with van der Waals surface area (Å²) in [5, 5.41) is 2.79. The second-order valence-electron chi connectivity index (χ2n) is 42.0. The molecule has 0 spiro atoms. The van der Waals surface area contributed by atoms with Gasteiger partial charge in [-0.05, 0) is 243 Å². The highest BCUT2D eigenvalue weighted by Crippen LogP contribution is 2.48. The minimum absolute atomic E-state index is 0.0246. The molecule has 0 unspecified atom stereocenters. The van der Waals surface area contributed by atoms with Gasteiger partial charge in [0.15, 0.2) is 0 Å². The van der Waals surface area contributed by atoms with Crippen molar-refractivity contribution in [3.05, 3.63) is 225 Å². The lowest BCUT2D eigenvalue weighted by Crippen LogP contribution is -2.47. The van der Waals surface area contributed by atoms with Gasteiger partial charge in [0.2, 0.25) is 0 Å². The Bertz CT molecular complexity index is 7160. The fourth-order valence-corrected chi connectivity index (χ4v) is 28.1. The molecule has 4 amide bonds. The van der Waals surface area contributed by atoms with Gasteiger partial charge in [0, 0.05) is 183 Å². The minimum Gasteiger partial charge on any atom is -0.455 e. The van der Waals surface area contributed by atoms with Crippen LogP contribution in [-0.4, -0.2) is 244 Å². The molecule has 7 aliphatic rings. The Morgan fingerprint density at radius 3 is 1.23 bits per heavy atom. The summed E-state index contributed by atoms with van der Waals surface area (Å²) in [5.41, 5.74) is -1.68. The SMILES string of the molecule is CC(C)C(=O)N=S1(=O)CCN(CC[C@H](C)Cc2ccc(S(=O)(=O)NC(=O)c3ccc(N4CCN(CC5=C(c6ccc(Cl)cc6)CC(C)(C)CC5)CC4)cc3Oc3cnc4[nH]ccc4c3)cc2S(=O)(=O)C(F)(F)F)CC1.C[C@@H](CCN1CCS(=O)(=NC(=O)C2CC2)CC1)Cc1ccc(S(=O)(=O)NC(=O)c2ccc(N3CCN(CC4=C(c5ccc(Cl)cc5)CC(C)(C)CC4)CC3)cc2Oc2cnc3[nH]ccc3c2)cc1S(=O)(=O)C(F)(F)F. The summed E-state index contributed by atoms with van der Waals surface area (Å²) in [4.78, 5) is 76.3. The second-order valence-corrected chi connectivity index (χ2v) is 55.1. The molecule has 30 nitrogen and oxygen atoms in total. The Morgan fingerprint density at radius 2 is 0.867 bits per heavy atom. The maximum atomic E-state index is 14.3. The zero-order valence-corrected chi connectivity index (χ0v) is 91.0. The molecule has 0 bridgehead atoms. The molecule has 8 heterocycles. The van der Waals surface area contributed by atoms with Crippen LogP contribution in [0.3, 0.4) is 0 Å². The fourth-order valence-electron chi connectivity index (χ4n) is 19.7. The molecule has 3 aliphatic carbocycles. The number of carbonyl (C=O) groups excluding carboxylic acids is 4. The molecule has 4 saturated heterocycles. The van der Waals surface area contributed by atoms with Crippen LogP contribution in [0.1, 0.15) is 163 Å². The summed E-state index contributed by atoms with van der Waals surface area (Å²) in [6.45, 7) is 25.6. The number of hydrogen-bond donors (Lipinski definition) is 4. The number of ether oxygens (including phenoxy) is 2. The lowest BCUT2D eigenvalue weighted by molar-refractivity contribution is -0.120. The van der Waals surface area contributed by atoms with Gasteiger partial charge >= 0.3 is 11.0 Å². The minimum atomic E-state index is -6.08. The summed E-state index contributed by atoms with van der Waals surface area (Å²) in [6, 6.07) is 37.3. The Labute approximate surface area is 882 Å². The highest BCUT2D eigenvalue weighted by molar-refractivity contribution is 7.94. The van der Waals surface area contributed by atoms with E-state index in [1.54, 1.807) is 88.6 Å². The number of benzene rings is 6. The van der Waals surface area contributed by atoms with Crippen molar-refractivity contribution >= 4 is 151 Å². The van der Waals surface area contributed by atoms with E-state index in [9.17, 15) is 87.6 Å². The average molecular weight is 2230 g/mol. The monoisotopic (exact) mass is 2220 g/mol. The van der Waals surface area contributed by atoms with E-state index < -0.39 is 107 Å². The summed E-state index contributed by atoms with van der Waals surface area (Å²) in [5.74, 6) is -3.13. The quantitative estimate of drug-likeness (QED) is 0.0284. The third-order valence-electron chi connectivity index (χ3n) is 28.9. The molecule has 4 aliphatic heterocycles. The van der Waals surface area contributed by atoms with Gasteiger partial charge in [-0.3, -0.25) is 29.0 Å². The summed E-state index contributed by atoms with van der Waals surface area (Å²) in [7, 11) is -27.5. The molecule has 4 N–H and O–H groups in total. The molecular weight excluding hydrogens is 2100 g/mol. The highest BCUT2D eigenvalue weighted by Gasteiger charge is 2.50. The number of pyridine rings is 2. The van der Waals surface area contributed by atoms with Crippen LogP contribution in [0.2, 0.25) is 10.0 Å². The third kappa shape index (κ3) is 27.6. The number of sulfonamides is 2. The van der Waals surface area contributed by atoms with Gasteiger partial charge in [-0.25, -0.2) is 61.5 Å². The third-order valence-corrected chi connectivity index (χ3v) is 39.5. The number of aromatic nitrogens is 4. The molecule has 150 heavy (non-hydrogen) atoms. The van der Waals surface area contributed by atoms with Crippen molar-refractivity contribution < 1.29 is 97.1 Å². The Balaban J connectivity index is 0.000000214. The van der Waals surface area contributed by atoms with E-state index in [0.29, 0.717) is 134 Å². The van der Waals surface area contributed by atoms with Crippen LogP contribution >= 0.6 is 23.2 Å². The van der Waals surface area contributed by atoms with Crippen molar-refractivity contribution in [2.75, 3.05) is 138 Å². The number of rotatable bonds is 32. The van der Waals surface area contributed by atoms with Gasteiger partial charge in [0.1, 0.15) is 34.3 Å². The number of fused-ring (bicyclic) bond motifs is 2. The lowest BCUT2D eigenvalue weighted by Gasteiger charge is -2.39. The second kappa shape index (κ2) is 45.6. The summed E-state index contributed by atoms with van der Waals surface area (Å²) < 4.78 is 245. The van der Waals surface area contributed by atoms with E-state index in [1.165, 1.54) is 57.9 Å². The number of amides is 4. The topological polar surface area (TPSA) is 383 Å². The van der Waals surface area contributed by atoms with Crippen LogP contribution in [0.15, 0.2) is 210 Å². The molecule has 1 saturated carbocycles. The number of alkyl halides is 6. The van der Waals surface area contributed by atoms with E-state index in [0.717, 1.165) is 115 Å². The largest absolute Gasteiger partial charge is 0.501 e. The van der Waals surface area contributed by atoms with E-state index in [2.05, 4.69) is 100 Å². The number of anilines is 2. The van der Waals surface area contributed by atoms with E-state index >= 15 is 0 Å². The molecule has 17 rings (SSSR count). The van der Waals surface area contributed by atoms with Crippen LogP contribution in [0.25, 0.3) is 33.2 Å². The van der Waals surface area contributed by atoms with Gasteiger partial charge in [0.05, 0.1) is 62.6 Å². The van der Waals surface area contributed by atoms with Crippen molar-refractivity contribution in [1.82, 2.24) is 49.0 Å². The smallest absolute Gasteiger partial charge is 0.455 e. The molecule has 4 aromatic heterocycles.